The second-order valence-electron chi connectivity index (χ2n) is 5.78. The topological polar surface area (TPSA) is 74.2 Å². The smallest absolute Gasteiger partial charge is 0.257 e. The quantitative estimate of drug-likeness (QED) is 0.616. The molecule has 1 aromatic carbocycles. The van der Waals surface area contributed by atoms with Crippen molar-refractivity contribution < 1.29 is 13.2 Å². The average molecular weight is 401 g/mol. The zero-order valence-electron chi connectivity index (χ0n) is 13.2. The van der Waals surface area contributed by atoms with Gasteiger partial charge in [0.15, 0.2) is 16.0 Å². The number of anilines is 2. The number of aliphatic imine (C=N–C) groups is 1. The van der Waals surface area contributed by atoms with E-state index >= 15 is 0 Å². The largest absolute Gasteiger partial charge is 0.378 e. The van der Waals surface area contributed by atoms with E-state index in [-0.39, 0.29) is 0 Å². The molecule has 0 radical (unpaired) electrons. The van der Waals surface area contributed by atoms with Crippen molar-refractivity contribution in [3.63, 3.8) is 0 Å². The van der Waals surface area contributed by atoms with Gasteiger partial charge < -0.3 is 14.5 Å². The summed E-state index contributed by atoms with van der Waals surface area (Å²) in [6.07, 6.45) is 1.69. The van der Waals surface area contributed by atoms with E-state index in [1.54, 1.807) is 28.6 Å². The second kappa shape index (κ2) is 6.71. The van der Waals surface area contributed by atoms with Crippen molar-refractivity contribution in [2.75, 3.05) is 35.9 Å². The third kappa shape index (κ3) is 3.33. The van der Waals surface area contributed by atoms with Crippen LogP contribution in [0.4, 0.5) is 11.4 Å². The van der Waals surface area contributed by atoms with Crippen molar-refractivity contribution in [3.8, 4) is 0 Å². The number of hydrogen-bond acceptors (Lipinski definition) is 7. The number of thioether (sulfide) groups is 1. The first-order valence-electron chi connectivity index (χ1n) is 7.82. The van der Waals surface area contributed by atoms with Gasteiger partial charge >= 0.3 is 0 Å². The number of benzene rings is 1. The molecular weight excluding hydrogens is 384 g/mol. The Labute approximate surface area is 155 Å². The summed E-state index contributed by atoms with van der Waals surface area (Å²) in [5, 5.41) is 1.45. The first kappa shape index (κ1) is 17.0. The zero-order chi connectivity index (χ0) is 17.4. The standard InChI is InChI=1S/C15H17ClN4O3S2/c16-13-14(20-7-10-24-15(20)17-13)25(21,22)18-11-1-3-12(4-2-11)19-5-8-23-9-6-19/h1-4,7,10,13-14,18H,5-6,8-9H2. The van der Waals surface area contributed by atoms with Crippen molar-refractivity contribution in [2.24, 2.45) is 4.99 Å². The molecule has 2 unspecified atom stereocenters. The van der Waals surface area contributed by atoms with E-state index in [1.165, 1.54) is 11.8 Å². The molecule has 2 atom stereocenters. The Morgan fingerprint density at radius 1 is 1.24 bits per heavy atom. The predicted octanol–water partition coefficient (Wildman–Crippen LogP) is 2.05. The molecule has 0 bridgehead atoms. The number of sulfonamides is 1. The van der Waals surface area contributed by atoms with Crippen LogP contribution in [0.2, 0.25) is 0 Å². The Balaban J connectivity index is 1.48. The summed E-state index contributed by atoms with van der Waals surface area (Å²) in [4.78, 5) is 7.98. The van der Waals surface area contributed by atoms with Gasteiger partial charge in [-0.2, -0.15) is 0 Å². The molecule has 10 heteroatoms. The van der Waals surface area contributed by atoms with Gasteiger partial charge in [0.1, 0.15) is 0 Å². The Morgan fingerprint density at radius 3 is 2.68 bits per heavy atom. The van der Waals surface area contributed by atoms with Crippen LogP contribution in [-0.2, 0) is 14.8 Å². The SMILES string of the molecule is O=S(=O)(Nc1ccc(N2CCOCC2)cc1)C1C(Cl)N=C2SC=CN21. The highest BCUT2D eigenvalue weighted by atomic mass is 35.5. The molecule has 1 N–H and O–H groups in total. The highest BCUT2D eigenvalue weighted by molar-refractivity contribution is 8.16. The van der Waals surface area contributed by atoms with Crippen molar-refractivity contribution in [2.45, 2.75) is 10.9 Å². The maximum Gasteiger partial charge on any atom is 0.257 e. The van der Waals surface area contributed by atoms with E-state index in [9.17, 15) is 8.42 Å². The molecule has 3 heterocycles. The lowest BCUT2D eigenvalue weighted by Gasteiger charge is -2.29. The fraction of sp³-hybridized carbons (Fsp3) is 0.400. The number of halogens is 1. The number of alkyl halides is 1. The first-order valence-corrected chi connectivity index (χ1v) is 10.7. The molecule has 1 fully saturated rings. The number of morpholine rings is 1. The van der Waals surface area contributed by atoms with Gasteiger partial charge in [-0.1, -0.05) is 23.4 Å². The number of ether oxygens (including phenoxy) is 1. The third-order valence-corrected chi connectivity index (χ3v) is 7.09. The molecular formula is C15H17ClN4O3S2. The summed E-state index contributed by atoms with van der Waals surface area (Å²) in [5.41, 5.74) is 0.717. The maximum absolute atomic E-state index is 12.8. The molecule has 0 aliphatic carbocycles. The summed E-state index contributed by atoms with van der Waals surface area (Å²) < 4.78 is 33.5. The molecule has 1 saturated heterocycles. The number of rotatable bonds is 4. The van der Waals surface area contributed by atoms with Crippen molar-refractivity contribution >= 4 is 49.9 Å². The normalized spacial score (nSPS) is 25.9. The van der Waals surface area contributed by atoms with Gasteiger partial charge in [0.2, 0.25) is 0 Å². The highest BCUT2D eigenvalue weighted by Crippen LogP contribution is 2.35. The molecule has 3 aliphatic heterocycles. The second-order valence-corrected chi connectivity index (χ2v) is 8.88. The Bertz CT molecular complexity index is 807. The van der Waals surface area contributed by atoms with Crippen LogP contribution >= 0.6 is 23.4 Å². The van der Waals surface area contributed by atoms with Crippen molar-refractivity contribution in [1.29, 1.82) is 0 Å². The number of amidine groups is 1. The van der Waals surface area contributed by atoms with E-state index in [0.717, 1.165) is 18.8 Å². The van der Waals surface area contributed by atoms with Crippen LogP contribution in [0, 0.1) is 0 Å². The van der Waals surface area contributed by atoms with Gasteiger partial charge in [-0.3, -0.25) is 4.72 Å². The van der Waals surface area contributed by atoms with Gasteiger partial charge in [-0.15, -0.1) is 0 Å². The van der Waals surface area contributed by atoms with Gasteiger partial charge in [0.05, 0.1) is 13.2 Å². The lowest BCUT2D eigenvalue weighted by Crippen LogP contribution is -2.42. The number of fused-ring (bicyclic) bond motifs is 1. The average Bonchev–Trinajstić information content (AvgIpc) is 3.15. The summed E-state index contributed by atoms with van der Waals surface area (Å²) >= 11 is 7.51. The first-order chi connectivity index (χ1) is 12.0. The fourth-order valence-electron chi connectivity index (χ4n) is 2.96. The molecule has 7 nitrogen and oxygen atoms in total. The number of nitrogens with zero attached hydrogens (tertiary/aromatic N) is 3. The van der Waals surface area contributed by atoms with Gasteiger partial charge in [-0.25, -0.2) is 13.4 Å². The maximum atomic E-state index is 12.8. The van der Waals surface area contributed by atoms with Crippen LogP contribution in [0.25, 0.3) is 0 Å². The summed E-state index contributed by atoms with van der Waals surface area (Å²) in [7, 11) is -3.72. The third-order valence-electron chi connectivity index (χ3n) is 4.18. The Kier molecular flexibility index (Phi) is 4.57. The molecule has 25 heavy (non-hydrogen) atoms. The van der Waals surface area contributed by atoms with Crippen LogP contribution in [0.1, 0.15) is 0 Å². The lowest BCUT2D eigenvalue weighted by atomic mass is 10.2. The molecule has 0 amide bonds. The molecule has 134 valence electrons. The summed E-state index contributed by atoms with van der Waals surface area (Å²) in [5.74, 6) is 0. The van der Waals surface area contributed by atoms with Crippen molar-refractivity contribution in [1.82, 2.24) is 4.90 Å². The van der Waals surface area contributed by atoms with Crippen LogP contribution in [0.5, 0.6) is 0 Å². The number of hydrogen-bond donors (Lipinski definition) is 1. The van der Waals surface area contributed by atoms with Crippen LogP contribution in [0.3, 0.4) is 0 Å². The van der Waals surface area contributed by atoms with Crippen LogP contribution in [0.15, 0.2) is 40.9 Å². The molecule has 1 aromatic rings. The molecule has 3 aliphatic rings. The lowest BCUT2D eigenvalue weighted by molar-refractivity contribution is 0.122. The minimum absolute atomic E-state index is 0.505. The minimum Gasteiger partial charge on any atom is -0.378 e. The molecule has 0 spiro atoms. The van der Waals surface area contributed by atoms with E-state index in [0.29, 0.717) is 24.1 Å². The molecule has 0 saturated carbocycles. The summed E-state index contributed by atoms with van der Waals surface area (Å²) in [6.45, 7) is 3.08. The minimum atomic E-state index is -3.72. The monoisotopic (exact) mass is 400 g/mol. The highest BCUT2D eigenvalue weighted by Gasteiger charge is 2.45. The predicted molar refractivity (Wildman–Crippen MR) is 101 cm³/mol. The Hall–Kier alpha value is -1.42. The molecule has 0 aromatic heterocycles. The van der Waals surface area contributed by atoms with Crippen molar-refractivity contribution in [3.05, 3.63) is 35.9 Å². The van der Waals surface area contributed by atoms with E-state index in [1.807, 2.05) is 12.1 Å². The van der Waals surface area contributed by atoms with E-state index in [4.69, 9.17) is 16.3 Å². The van der Waals surface area contributed by atoms with E-state index in [2.05, 4.69) is 14.6 Å². The van der Waals surface area contributed by atoms with Gasteiger partial charge in [-0.05, 0) is 29.7 Å². The summed E-state index contributed by atoms with van der Waals surface area (Å²) in [6, 6.07) is 7.33. The fourth-order valence-corrected chi connectivity index (χ4v) is 5.90. The number of nitrogens with one attached hydrogen (secondary N) is 1. The van der Waals surface area contributed by atoms with Gasteiger partial charge in [0, 0.05) is 30.7 Å². The van der Waals surface area contributed by atoms with E-state index < -0.39 is 20.9 Å². The van der Waals surface area contributed by atoms with Crippen LogP contribution in [-0.4, -0.2) is 55.7 Å². The Morgan fingerprint density at radius 2 is 1.96 bits per heavy atom. The molecule has 4 rings (SSSR count). The zero-order valence-corrected chi connectivity index (χ0v) is 15.6. The van der Waals surface area contributed by atoms with Gasteiger partial charge in [0.25, 0.3) is 10.0 Å². The van der Waals surface area contributed by atoms with Crippen LogP contribution < -0.4 is 9.62 Å².